The second kappa shape index (κ2) is 10.2. The summed E-state index contributed by atoms with van der Waals surface area (Å²) in [6, 6.07) is 14.6. The van der Waals surface area contributed by atoms with Crippen molar-refractivity contribution >= 4 is 18.0 Å². The predicted molar refractivity (Wildman–Crippen MR) is 103 cm³/mol. The standard InChI is InChI=1S/C22H24O5/c1-4-18(21(23)26-5-2)13-17-11-12-20(25-3)19(14-17)22(24)27-15-16-9-7-6-8-10-16/h6-14H,4-5,15H2,1-3H3. The zero-order valence-electron chi connectivity index (χ0n) is 15.9. The van der Waals surface area contributed by atoms with Crippen molar-refractivity contribution in [3.63, 3.8) is 0 Å². The van der Waals surface area contributed by atoms with E-state index in [0.29, 0.717) is 35.5 Å². The number of ether oxygens (including phenoxy) is 3. The largest absolute Gasteiger partial charge is 0.496 e. The van der Waals surface area contributed by atoms with Crippen LogP contribution in [0.2, 0.25) is 0 Å². The smallest absolute Gasteiger partial charge is 0.342 e. The van der Waals surface area contributed by atoms with E-state index in [9.17, 15) is 9.59 Å². The number of esters is 2. The summed E-state index contributed by atoms with van der Waals surface area (Å²) in [5.74, 6) is -0.427. The van der Waals surface area contributed by atoms with E-state index >= 15 is 0 Å². The van der Waals surface area contributed by atoms with E-state index < -0.39 is 5.97 Å². The van der Waals surface area contributed by atoms with Gasteiger partial charge in [-0.05, 0) is 42.7 Å². The van der Waals surface area contributed by atoms with Gasteiger partial charge in [-0.2, -0.15) is 0 Å². The first-order valence-corrected chi connectivity index (χ1v) is 8.85. The maximum atomic E-state index is 12.5. The number of benzene rings is 2. The van der Waals surface area contributed by atoms with Crippen LogP contribution in [0.1, 0.15) is 41.8 Å². The number of carbonyl (C=O) groups is 2. The Morgan fingerprint density at radius 3 is 2.37 bits per heavy atom. The molecule has 0 amide bonds. The first-order chi connectivity index (χ1) is 13.1. The molecule has 0 saturated heterocycles. The molecule has 142 valence electrons. The minimum absolute atomic E-state index is 0.173. The third kappa shape index (κ3) is 5.71. The van der Waals surface area contributed by atoms with Crippen LogP contribution in [0.4, 0.5) is 0 Å². The van der Waals surface area contributed by atoms with Crippen LogP contribution in [0.5, 0.6) is 5.75 Å². The molecule has 27 heavy (non-hydrogen) atoms. The second-order valence-electron chi connectivity index (χ2n) is 5.77. The lowest BCUT2D eigenvalue weighted by molar-refractivity contribution is -0.138. The molecule has 0 aromatic heterocycles. The minimum Gasteiger partial charge on any atom is -0.496 e. The summed E-state index contributed by atoms with van der Waals surface area (Å²) < 4.78 is 15.7. The molecule has 0 spiro atoms. The molecule has 0 saturated carbocycles. The van der Waals surface area contributed by atoms with E-state index in [1.165, 1.54) is 7.11 Å². The number of rotatable bonds is 8. The van der Waals surface area contributed by atoms with E-state index in [1.54, 1.807) is 31.2 Å². The normalized spacial score (nSPS) is 11.0. The molecule has 0 fully saturated rings. The quantitative estimate of drug-likeness (QED) is 0.510. The van der Waals surface area contributed by atoms with Gasteiger partial charge in [0.1, 0.15) is 17.9 Å². The predicted octanol–water partition coefficient (Wildman–Crippen LogP) is 4.41. The zero-order chi connectivity index (χ0) is 19.6. The lowest BCUT2D eigenvalue weighted by Crippen LogP contribution is -2.08. The third-order valence-electron chi connectivity index (χ3n) is 3.92. The van der Waals surface area contributed by atoms with Gasteiger partial charge in [0.05, 0.1) is 13.7 Å². The van der Waals surface area contributed by atoms with Crippen molar-refractivity contribution in [2.45, 2.75) is 26.9 Å². The molecule has 2 rings (SSSR count). The molecule has 2 aromatic carbocycles. The molecule has 0 unspecified atom stereocenters. The molecule has 0 bridgehead atoms. The molecule has 0 aliphatic rings. The molecule has 0 aliphatic carbocycles. The lowest BCUT2D eigenvalue weighted by Gasteiger charge is -2.11. The number of hydrogen-bond acceptors (Lipinski definition) is 5. The maximum absolute atomic E-state index is 12.5. The van der Waals surface area contributed by atoms with Crippen LogP contribution >= 0.6 is 0 Å². The summed E-state index contributed by atoms with van der Waals surface area (Å²) >= 11 is 0. The topological polar surface area (TPSA) is 61.8 Å². The molecule has 5 heteroatoms. The summed E-state index contributed by atoms with van der Waals surface area (Å²) in [7, 11) is 1.49. The van der Waals surface area contributed by atoms with Crippen molar-refractivity contribution < 1.29 is 23.8 Å². The minimum atomic E-state index is -0.486. The van der Waals surface area contributed by atoms with Gasteiger partial charge in [0, 0.05) is 5.57 Å². The van der Waals surface area contributed by atoms with Gasteiger partial charge >= 0.3 is 11.9 Å². The number of hydrogen-bond donors (Lipinski definition) is 0. The van der Waals surface area contributed by atoms with Gasteiger partial charge in [-0.25, -0.2) is 9.59 Å². The highest BCUT2D eigenvalue weighted by atomic mass is 16.5. The van der Waals surface area contributed by atoms with Crippen molar-refractivity contribution in [3.8, 4) is 5.75 Å². The van der Waals surface area contributed by atoms with Crippen molar-refractivity contribution in [2.24, 2.45) is 0 Å². The van der Waals surface area contributed by atoms with Crippen molar-refractivity contribution in [3.05, 3.63) is 70.8 Å². The van der Waals surface area contributed by atoms with Gasteiger partial charge < -0.3 is 14.2 Å². The van der Waals surface area contributed by atoms with Crippen LogP contribution < -0.4 is 4.74 Å². The Morgan fingerprint density at radius 1 is 1.00 bits per heavy atom. The highest BCUT2D eigenvalue weighted by Gasteiger charge is 2.16. The summed E-state index contributed by atoms with van der Waals surface area (Å²) in [4.78, 5) is 24.5. The summed E-state index contributed by atoms with van der Waals surface area (Å²) in [6.45, 7) is 4.13. The van der Waals surface area contributed by atoms with E-state index in [-0.39, 0.29) is 12.6 Å². The Hall–Kier alpha value is -3.08. The first kappa shape index (κ1) is 20.2. The Balaban J connectivity index is 2.23. The van der Waals surface area contributed by atoms with Crippen LogP contribution in [-0.2, 0) is 20.9 Å². The fraction of sp³-hybridized carbons (Fsp3) is 0.273. The maximum Gasteiger partial charge on any atom is 0.342 e. The Morgan fingerprint density at radius 2 is 1.74 bits per heavy atom. The van der Waals surface area contributed by atoms with Crippen molar-refractivity contribution in [1.82, 2.24) is 0 Å². The average molecular weight is 368 g/mol. The molecule has 5 nitrogen and oxygen atoms in total. The molecule has 0 atom stereocenters. The fourth-order valence-electron chi connectivity index (χ4n) is 2.51. The van der Waals surface area contributed by atoms with Crippen molar-refractivity contribution in [2.75, 3.05) is 13.7 Å². The van der Waals surface area contributed by atoms with E-state index in [4.69, 9.17) is 14.2 Å². The fourth-order valence-corrected chi connectivity index (χ4v) is 2.51. The molecular formula is C22H24O5. The Labute approximate surface area is 159 Å². The van der Waals surface area contributed by atoms with Gasteiger partial charge in [0.2, 0.25) is 0 Å². The molecule has 2 aromatic rings. The van der Waals surface area contributed by atoms with Crippen LogP contribution in [0.15, 0.2) is 54.1 Å². The zero-order valence-corrected chi connectivity index (χ0v) is 15.9. The number of methoxy groups -OCH3 is 1. The van der Waals surface area contributed by atoms with E-state index in [2.05, 4.69) is 0 Å². The average Bonchev–Trinajstić information content (AvgIpc) is 2.71. The highest BCUT2D eigenvalue weighted by Crippen LogP contribution is 2.23. The van der Waals surface area contributed by atoms with Gasteiger partial charge in [-0.1, -0.05) is 43.3 Å². The van der Waals surface area contributed by atoms with Gasteiger partial charge in [0.25, 0.3) is 0 Å². The van der Waals surface area contributed by atoms with Gasteiger partial charge in [-0.15, -0.1) is 0 Å². The van der Waals surface area contributed by atoms with E-state index in [1.807, 2.05) is 37.3 Å². The molecule has 0 radical (unpaired) electrons. The second-order valence-corrected chi connectivity index (χ2v) is 5.77. The third-order valence-corrected chi connectivity index (χ3v) is 3.92. The van der Waals surface area contributed by atoms with Crippen LogP contribution in [0.3, 0.4) is 0 Å². The summed E-state index contributed by atoms with van der Waals surface area (Å²) in [6.07, 6.45) is 2.24. The van der Waals surface area contributed by atoms with Crippen LogP contribution in [0, 0.1) is 0 Å². The summed E-state index contributed by atoms with van der Waals surface area (Å²) in [5, 5.41) is 0. The Kier molecular flexibility index (Phi) is 7.62. The Bertz CT molecular complexity index is 809. The summed E-state index contributed by atoms with van der Waals surface area (Å²) in [5.41, 5.74) is 2.44. The lowest BCUT2D eigenvalue weighted by atomic mass is 10.1. The molecule has 0 N–H and O–H groups in total. The number of carbonyl (C=O) groups excluding carboxylic acids is 2. The van der Waals surface area contributed by atoms with Crippen LogP contribution in [0.25, 0.3) is 6.08 Å². The van der Waals surface area contributed by atoms with Gasteiger partial charge in [0.15, 0.2) is 0 Å². The monoisotopic (exact) mass is 368 g/mol. The van der Waals surface area contributed by atoms with Crippen molar-refractivity contribution in [1.29, 1.82) is 0 Å². The van der Waals surface area contributed by atoms with E-state index in [0.717, 1.165) is 5.56 Å². The first-order valence-electron chi connectivity index (χ1n) is 8.85. The SMILES string of the molecule is CCOC(=O)C(=Cc1ccc(OC)c(C(=O)OCc2ccccc2)c1)CC. The van der Waals surface area contributed by atoms with Crippen LogP contribution in [-0.4, -0.2) is 25.7 Å². The highest BCUT2D eigenvalue weighted by molar-refractivity contribution is 5.96. The molecular weight excluding hydrogens is 344 g/mol. The molecule has 0 aliphatic heterocycles. The molecule has 0 heterocycles. The van der Waals surface area contributed by atoms with Gasteiger partial charge in [-0.3, -0.25) is 0 Å².